The molecule has 0 saturated heterocycles. The Hall–Kier alpha value is -1.88. The van der Waals surface area contributed by atoms with Crippen LogP contribution in [0.1, 0.15) is 28.4 Å². The Balaban J connectivity index is 2.32. The van der Waals surface area contributed by atoms with E-state index in [0.717, 1.165) is 17.3 Å². The molecule has 5 heteroatoms. The molecule has 0 bridgehead atoms. The van der Waals surface area contributed by atoms with E-state index < -0.39 is 17.8 Å². The van der Waals surface area contributed by atoms with Gasteiger partial charge in [0.25, 0.3) is 0 Å². The van der Waals surface area contributed by atoms with Crippen molar-refractivity contribution < 1.29 is 13.2 Å². The number of alkyl halides is 3. The van der Waals surface area contributed by atoms with Gasteiger partial charge in [0.2, 0.25) is 0 Å². The molecule has 1 N–H and O–H groups in total. The predicted molar refractivity (Wildman–Crippen MR) is 75.9 cm³/mol. The molecule has 2 nitrogen and oxygen atoms in total. The summed E-state index contributed by atoms with van der Waals surface area (Å²) in [6.07, 6.45) is -2.23. The van der Waals surface area contributed by atoms with E-state index in [1.54, 1.807) is 19.3 Å². The van der Waals surface area contributed by atoms with Crippen molar-refractivity contribution in [1.29, 1.82) is 0 Å². The molecule has 0 radical (unpaired) electrons. The van der Waals surface area contributed by atoms with E-state index >= 15 is 0 Å². The van der Waals surface area contributed by atoms with Gasteiger partial charge in [0, 0.05) is 24.4 Å². The number of hydrogen-bond donors (Lipinski definition) is 1. The molecule has 1 atom stereocenters. The quantitative estimate of drug-likeness (QED) is 0.924. The first-order valence-corrected chi connectivity index (χ1v) is 6.66. The lowest BCUT2D eigenvalue weighted by molar-refractivity contribution is -0.138. The van der Waals surface area contributed by atoms with Crippen LogP contribution in [0.15, 0.2) is 42.6 Å². The van der Waals surface area contributed by atoms with Gasteiger partial charge in [-0.25, -0.2) is 0 Å². The lowest BCUT2D eigenvalue weighted by atomic mass is 9.96. The lowest BCUT2D eigenvalue weighted by Crippen LogP contribution is -2.23. The van der Waals surface area contributed by atoms with Crippen molar-refractivity contribution >= 4 is 0 Å². The summed E-state index contributed by atoms with van der Waals surface area (Å²) in [5.74, 6) is 0. The normalized spacial score (nSPS) is 13.2. The number of aromatic nitrogens is 1. The van der Waals surface area contributed by atoms with Crippen molar-refractivity contribution in [3.05, 3.63) is 65.0 Å². The first-order valence-electron chi connectivity index (χ1n) is 6.66. The summed E-state index contributed by atoms with van der Waals surface area (Å²) in [4.78, 5) is 4.26. The van der Waals surface area contributed by atoms with Gasteiger partial charge in [-0.2, -0.15) is 13.2 Å². The number of benzene rings is 1. The molecule has 0 fully saturated rings. The van der Waals surface area contributed by atoms with Crippen LogP contribution in [0.2, 0.25) is 0 Å². The van der Waals surface area contributed by atoms with Crippen molar-refractivity contribution in [3.8, 4) is 0 Å². The Labute approximate surface area is 122 Å². The van der Waals surface area contributed by atoms with Gasteiger partial charge in [-0.3, -0.25) is 4.98 Å². The van der Waals surface area contributed by atoms with Gasteiger partial charge in [-0.05, 0) is 37.2 Å². The second-order valence-corrected chi connectivity index (χ2v) is 4.96. The van der Waals surface area contributed by atoms with Crippen molar-refractivity contribution in [1.82, 2.24) is 10.3 Å². The zero-order valence-corrected chi connectivity index (χ0v) is 11.9. The van der Waals surface area contributed by atoms with Crippen LogP contribution < -0.4 is 5.32 Å². The summed E-state index contributed by atoms with van der Waals surface area (Å²) >= 11 is 0. The highest BCUT2D eigenvalue weighted by Crippen LogP contribution is 2.35. The van der Waals surface area contributed by atoms with Gasteiger partial charge in [0.1, 0.15) is 0 Å². The van der Waals surface area contributed by atoms with Crippen molar-refractivity contribution in [2.24, 2.45) is 0 Å². The summed E-state index contributed by atoms with van der Waals surface area (Å²) in [5.41, 5.74) is 1.43. The first-order chi connectivity index (χ1) is 9.91. The molecule has 0 aliphatic heterocycles. The third-order valence-corrected chi connectivity index (χ3v) is 3.38. The summed E-state index contributed by atoms with van der Waals surface area (Å²) in [7, 11) is 1.66. The molecule has 1 aromatic carbocycles. The van der Waals surface area contributed by atoms with E-state index in [1.807, 2.05) is 19.1 Å². The highest BCUT2D eigenvalue weighted by Gasteiger charge is 2.34. The number of halogens is 3. The first kappa shape index (κ1) is 15.5. The molecule has 1 unspecified atom stereocenters. The molecule has 0 aliphatic carbocycles. The van der Waals surface area contributed by atoms with Crippen molar-refractivity contribution in [2.45, 2.75) is 25.6 Å². The van der Waals surface area contributed by atoms with Crippen LogP contribution in [-0.4, -0.2) is 12.0 Å². The fourth-order valence-corrected chi connectivity index (χ4v) is 2.25. The van der Waals surface area contributed by atoms with Gasteiger partial charge >= 0.3 is 6.18 Å². The van der Waals surface area contributed by atoms with Crippen LogP contribution in [0.3, 0.4) is 0 Å². The summed E-state index contributed by atoms with van der Waals surface area (Å²) in [6.45, 7) is 1.92. The maximum Gasteiger partial charge on any atom is 0.416 e. The number of rotatable bonds is 4. The summed E-state index contributed by atoms with van der Waals surface area (Å²) < 4.78 is 39.3. The fraction of sp³-hybridized carbons (Fsp3) is 0.312. The third-order valence-electron chi connectivity index (χ3n) is 3.38. The standard InChI is InChI=1S/C16H17F3N2/c1-11-7-8-12(21-10-11)9-15(20-2)13-5-3-4-6-14(13)16(17,18)19/h3-8,10,15,20H,9H2,1-2H3. The van der Waals surface area contributed by atoms with E-state index in [9.17, 15) is 13.2 Å². The van der Waals surface area contributed by atoms with Crippen LogP contribution >= 0.6 is 0 Å². The Morgan fingerprint density at radius 1 is 1.14 bits per heavy atom. The molecular formula is C16H17F3N2. The van der Waals surface area contributed by atoms with Gasteiger partial charge in [-0.1, -0.05) is 24.3 Å². The summed E-state index contributed by atoms with van der Waals surface area (Å²) in [6, 6.07) is 8.97. The zero-order valence-electron chi connectivity index (χ0n) is 11.9. The Bertz CT molecular complexity index is 591. The molecule has 2 aromatic rings. The largest absolute Gasteiger partial charge is 0.416 e. The number of nitrogens with zero attached hydrogens (tertiary/aromatic N) is 1. The van der Waals surface area contributed by atoms with Crippen molar-refractivity contribution in [3.63, 3.8) is 0 Å². The van der Waals surface area contributed by atoms with E-state index in [-0.39, 0.29) is 5.56 Å². The molecule has 2 rings (SSSR count). The second-order valence-electron chi connectivity index (χ2n) is 4.96. The minimum Gasteiger partial charge on any atom is -0.313 e. The van der Waals surface area contributed by atoms with Crippen LogP contribution in [0.4, 0.5) is 13.2 Å². The van der Waals surface area contributed by atoms with E-state index in [0.29, 0.717) is 6.42 Å². The monoisotopic (exact) mass is 294 g/mol. The van der Waals surface area contributed by atoms with E-state index in [4.69, 9.17) is 0 Å². The van der Waals surface area contributed by atoms with Gasteiger partial charge < -0.3 is 5.32 Å². The topological polar surface area (TPSA) is 24.9 Å². The molecule has 21 heavy (non-hydrogen) atoms. The average molecular weight is 294 g/mol. The van der Waals surface area contributed by atoms with Gasteiger partial charge in [0.15, 0.2) is 0 Å². The Morgan fingerprint density at radius 3 is 2.43 bits per heavy atom. The van der Waals surface area contributed by atoms with Crippen LogP contribution in [-0.2, 0) is 12.6 Å². The van der Waals surface area contributed by atoms with E-state index in [1.165, 1.54) is 12.1 Å². The van der Waals surface area contributed by atoms with E-state index in [2.05, 4.69) is 10.3 Å². The van der Waals surface area contributed by atoms with Crippen LogP contribution in [0.5, 0.6) is 0 Å². The highest BCUT2D eigenvalue weighted by molar-refractivity contribution is 5.33. The fourth-order valence-electron chi connectivity index (χ4n) is 2.25. The number of nitrogens with one attached hydrogen (secondary N) is 1. The third kappa shape index (κ3) is 3.82. The van der Waals surface area contributed by atoms with Gasteiger partial charge in [-0.15, -0.1) is 0 Å². The Morgan fingerprint density at radius 2 is 1.86 bits per heavy atom. The minimum absolute atomic E-state index is 0.245. The smallest absolute Gasteiger partial charge is 0.313 e. The van der Waals surface area contributed by atoms with Crippen molar-refractivity contribution in [2.75, 3.05) is 7.05 Å². The molecule has 1 aromatic heterocycles. The number of pyridine rings is 1. The maximum absolute atomic E-state index is 13.1. The number of likely N-dealkylation sites (N-methyl/N-ethyl adjacent to an activating group) is 1. The second kappa shape index (κ2) is 6.26. The number of hydrogen-bond acceptors (Lipinski definition) is 2. The lowest BCUT2D eigenvalue weighted by Gasteiger charge is -2.21. The SMILES string of the molecule is CNC(Cc1ccc(C)cn1)c1ccccc1C(F)(F)F. The Kier molecular flexibility index (Phi) is 4.63. The predicted octanol–water partition coefficient (Wildman–Crippen LogP) is 3.91. The van der Waals surface area contributed by atoms with Gasteiger partial charge in [0.05, 0.1) is 5.56 Å². The molecule has 0 aliphatic rings. The molecule has 0 spiro atoms. The summed E-state index contributed by atoms with van der Waals surface area (Å²) in [5, 5.41) is 2.95. The zero-order chi connectivity index (χ0) is 15.5. The van der Waals surface area contributed by atoms with Crippen LogP contribution in [0.25, 0.3) is 0 Å². The number of aryl methyl sites for hydroxylation is 1. The molecule has 112 valence electrons. The molecule has 1 heterocycles. The molecular weight excluding hydrogens is 277 g/mol. The average Bonchev–Trinajstić information content (AvgIpc) is 2.46. The molecule has 0 saturated carbocycles. The molecule has 0 amide bonds. The highest BCUT2D eigenvalue weighted by atomic mass is 19.4. The van der Waals surface area contributed by atoms with Crippen LogP contribution in [0, 0.1) is 6.92 Å². The maximum atomic E-state index is 13.1. The minimum atomic E-state index is -4.35.